The lowest BCUT2D eigenvalue weighted by Gasteiger charge is -2.27. The van der Waals surface area contributed by atoms with Gasteiger partial charge in [-0.25, -0.2) is 0 Å². The summed E-state index contributed by atoms with van der Waals surface area (Å²) in [7, 11) is 0. The second-order valence-corrected chi connectivity index (χ2v) is 6.30. The molecule has 0 unspecified atom stereocenters. The minimum Gasteiger partial charge on any atom is -0.399 e. The molecular weight excluding hydrogens is 260 g/mol. The van der Waals surface area contributed by atoms with Crippen LogP contribution >= 0.6 is 0 Å². The average Bonchev–Trinajstić information content (AvgIpc) is 2.52. The van der Waals surface area contributed by atoms with Gasteiger partial charge in [-0.15, -0.1) is 0 Å². The van der Waals surface area contributed by atoms with Crippen molar-refractivity contribution in [2.45, 2.75) is 51.9 Å². The first-order valence-electron chi connectivity index (χ1n) is 8.29. The largest absolute Gasteiger partial charge is 0.399 e. The molecule has 0 aliphatic heterocycles. The third-order valence-corrected chi connectivity index (χ3v) is 4.81. The first-order valence-corrected chi connectivity index (χ1v) is 8.29. The second kappa shape index (κ2) is 8.06. The summed E-state index contributed by atoms with van der Waals surface area (Å²) in [5.74, 6) is 1.74. The number of hydrogen-bond donors (Lipinski definition) is 2. The molecule has 0 radical (unpaired) electrons. The fourth-order valence-electron chi connectivity index (χ4n) is 3.20. The van der Waals surface area contributed by atoms with Crippen LogP contribution in [0.1, 0.15) is 51.0 Å². The molecule has 21 heavy (non-hydrogen) atoms. The van der Waals surface area contributed by atoms with E-state index in [0.29, 0.717) is 12.3 Å². The predicted octanol–water partition coefficient (Wildman–Crippen LogP) is 3.53. The molecule has 3 heteroatoms. The van der Waals surface area contributed by atoms with Gasteiger partial charge in [0.1, 0.15) is 0 Å². The van der Waals surface area contributed by atoms with Crippen molar-refractivity contribution in [2.75, 3.05) is 12.3 Å². The van der Waals surface area contributed by atoms with Gasteiger partial charge in [0.25, 0.3) is 0 Å². The maximum atomic E-state index is 11.9. The number of benzene rings is 1. The van der Waals surface area contributed by atoms with Crippen LogP contribution in [-0.2, 0) is 11.2 Å². The van der Waals surface area contributed by atoms with Crippen LogP contribution in [0.3, 0.4) is 0 Å². The molecule has 0 aromatic heterocycles. The van der Waals surface area contributed by atoms with Crippen LogP contribution in [-0.4, -0.2) is 12.5 Å². The molecule has 1 saturated carbocycles. The van der Waals surface area contributed by atoms with Crippen LogP contribution in [0, 0.1) is 11.8 Å². The average molecular weight is 288 g/mol. The summed E-state index contributed by atoms with van der Waals surface area (Å²) in [6, 6.07) is 7.77. The molecule has 1 fully saturated rings. The number of nitrogen functional groups attached to an aromatic ring is 1. The van der Waals surface area contributed by atoms with E-state index in [4.69, 9.17) is 5.73 Å². The number of carbonyl (C=O) groups is 1. The Balaban J connectivity index is 1.65. The van der Waals surface area contributed by atoms with E-state index in [2.05, 4.69) is 12.2 Å². The van der Waals surface area contributed by atoms with Crippen molar-refractivity contribution in [1.29, 1.82) is 0 Å². The highest BCUT2D eigenvalue weighted by Crippen LogP contribution is 2.30. The lowest BCUT2D eigenvalue weighted by Crippen LogP contribution is -2.31. The van der Waals surface area contributed by atoms with E-state index in [0.717, 1.165) is 30.1 Å². The van der Waals surface area contributed by atoms with Gasteiger partial charge in [-0.3, -0.25) is 4.79 Å². The van der Waals surface area contributed by atoms with Gasteiger partial charge in [0, 0.05) is 18.7 Å². The number of nitrogens with one attached hydrogen (secondary N) is 1. The molecule has 3 nitrogen and oxygen atoms in total. The third kappa shape index (κ3) is 5.07. The normalized spacial score (nSPS) is 22.0. The minimum absolute atomic E-state index is 0.149. The molecule has 2 rings (SSSR count). The number of anilines is 1. The molecule has 0 bridgehead atoms. The Morgan fingerprint density at radius 3 is 2.52 bits per heavy atom. The molecule has 116 valence electrons. The summed E-state index contributed by atoms with van der Waals surface area (Å²) < 4.78 is 0. The summed E-state index contributed by atoms with van der Waals surface area (Å²) in [5, 5.41) is 3.10. The minimum atomic E-state index is 0.149. The number of amides is 1. The summed E-state index contributed by atoms with van der Waals surface area (Å²) in [6.45, 7) is 3.13. The number of aryl methyl sites for hydroxylation is 1. The van der Waals surface area contributed by atoms with Gasteiger partial charge in [-0.1, -0.05) is 44.4 Å². The highest BCUT2D eigenvalue weighted by molar-refractivity contribution is 5.76. The van der Waals surface area contributed by atoms with Gasteiger partial charge < -0.3 is 11.1 Å². The van der Waals surface area contributed by atoms with E-state index in [1.54, 1.807) is 0 Å². The Hall–Kier alpha value is -1.51. The van der Waals surface area contributed by atoms with Crippen LogP contribution in [0.15, 0.2) is 24.3 Å². The number of carbonyl (C=O) groups excluding carboxylic acids is 1. The number of para-hydroxylation sites is 1. The Labute approximate surface area is 128 Å². The Morgan fingerprint density at radius 1 is 1.19 bits per heavy atom. The summed E-state index contributed by atoms with van der Waals surface area (Å²) in [5.41, 5.74) is 7.74. The van der Waals surface area contributed by atoms with Crippen molar-refractivity contribution in [1.82, 2.24) is 5.32 Å². The molecule has 1 aromatic carbocycles. The summed E-state index contributed by atoms with van der Waals surface area (Å²) >= 11 is 0. The van der Waals surface area contributed by atoms with Crippen molar-refractivity contribution in [3.05, 3.63) is 29.8 Å². The van der Waals surface area contributed by atoms with Crippen molar-refractivity contribution < 1.29 is 4.79 Å². The maximum Gasteiger partial charge on any atom is 0.220 e. The number of rotatable bonds is 6. The van der Waals surface area contributed by atoms with Crippen molar-refractivity contribution in [3.8, 4) is 0 Å². The van der Waals surface area contributed by atoms with Gasteiger partial charge >= 0.3 is 0 Å². The van der Waals surface area contributed by atoms with Crippen LogP contribution in [0.5, 0.6) is 0 Å². The molecule has 3 N–H and O–H groups in total. The van der Waals surface area contributed by atoms with Crippen molar-refractivity contribution >= 4 is 11.6 Å². The van der Waals surface area contributed by atoms with Gasteiger partial charge in [0.15, 0.2) is 0 Å². The van der Waals surface area contributed by atoms with Crippen LogP contribution < -0.4 is 11.1 Å². The van der Waals surface area contributed by atoms with Gasteiger partial charge in [-0.2, -0.15) is 0 Å². The zero-order chi connectivity index (χ0) is 15.1. The Bertz CT molecular complexity index is 450. The van der Waals surface area contributed by atoms with E-state index in [9.17, 15) is 4.79 Å². The monoisotopic (exact) mass is 288 g/mol. The smallest absolute Gasteiger partial charge is 0.220 e. The van der Waals surface area contributed by atoms with Crippen LogP contribution in [0.4, 0.5) is 5.69 Å². The Kier molecular flexibility index (Phi) is 6.09. The predicted molar refractivity (Wildman–Crippen MR) is 87.9 cm³/mol. The SMILES string of the molecule is CCC1CCC(CNC(=O)CCc2ccccc2N)CC1. The zero-order valence-electron chi connectivity index (χ0n) is 13.1. The van der Waals surface area contributed by atoms with Gasteiger partial charge in [-0.05, 0) is 42.7 Å². The first-order chi connectivity index (χ1) is 10.2. The number of hydrogen-bond acceptors (Lipinski definition) is 2. The quantitative estimate of drug-likeness (QED) is 0.787. The molecule has 0 heterocycles. The molecule has 1 aromatic rings. The standard InChI is InChI=1S/C18H28N2O/c1-2-14-7-9-15(10-8-14)13-20-18(21)12-11-16-5-3-4-6-17(16)19/h3-6,14-15H,2,7-13,19H2,1H3,(H,20,21). The van der Waals surface area contributed by atoms with E-state index in [1.807, 2.05) is 24.3 Å². The molecule has 1 amide bonds. The fourth-order valence-corrected chi connectivity index (χ4v) is 3.20. The first kappa shape index (κ1) is 15.9. The third-order valence-electron chi connectivity index (χ3n) is 4.81. The summed E-state index contributed by atoms with van der Waals surface area (Å²) in [4.78, 5) is 11.9. The zero-order valence-corrected chi connectivity index (χ0v) is 13.1. The van der Waals surface area contributed by atoms with E-state index >= 15 is 0 Å². The van der Waals surface area contributed by atoms with Gasteiger partial charge in [0.2, 0.25) is 5.91 Å². The van der Waals surface area contributed by atoms with Crippen molar-refractivity contribution in [2.24, 2.45) is 11.8 Å². The van der Waals surface area contributed by atoms with Crippen LogP contribution in [0.2, 0.25) is 0 Å². The van der Waals surface area contributed by atoms with Crippen molar-refractivity contribution in [3.63, 3.8) is 0 Å². The Morgan fingerprint density at radius 2 is 1.86 bits per heavy atom. The van der Waals surface area contributed by atoms with Gasteiger partial charge in [0.05, 0.1) is 0 Å². The maximum absolute atomic E-state index is 11.9. The highest BCUT2D eigenvalue weighted by atomic mass is 16.1. The molecule has 1 aliphatic rings. The number of nitrogens with two attached hydrogens (primary N) is 1. The molecular formula is C18H28N2O. The topological polar surface area (TPSA) is 55.1 Å². The van der Waals surface area contributed by atoms with E-state index < -0.39 is 0 Å². The lowest BCUT2D eigenvalue weighted by atomic mass is 9.81. The van der Waals surface area contributed by atoms with Crippen LogP contribution in [0.25, 0.3) is 0 Å². The summed E-state index contributed by atoms with van der Waals surface area (Å²) in [6.07, 6.45) is 7.75. The molecule has 0 saturated heterocycles. The van der Waals surface area contributed by atoms with E-state index in [-0.39, 0.29) is 5.91 Å². The molecule has 1 aliphatic carbocycles. The highest BCUT2D eigenvalue weighted by Gasteiger charge is 2.20. The molecule has 0 atom stereocenters. The molecule has 0 spiro atoms. The fraction of sp³-hybridized carbons (Fsp3) is 0.611. The second-order valence-electron chi connectivity index (χ2n) is 6.30. The van der Waals surface area contributed by atoms with E-state index in [1.165, 1.54) is 32.1 Å². The lowest BCUT2D eigenvalue weighted by molar-refractivity contribution is -0.121.